The highest BCUT2D eigenvalue weighted by atomic mass is 32.2. The molecule has 0 fully saturated rings. The summed E-state index contributed by atoms with van der Waals surface area (Å²) in [5.41, 5.74) is 0. The average molecular weight is 276 g/mol. The number of urea groups is 1. The third-order valence-corrected chi connectivity index (χ3v) is 3.53. The number of carbonyl (C=O) groups is 1. The van der Waals surface area contributed by atoms with Crippen LogP contribution in [0.1, 0.15) is 0 Å². The fraction of sp³-hybridized carbons (Fsp3) is 0.222. The van der Waals surface area contributed by atoms with E-state index in [1.54, 1.807) is 6.26 Å². The molecule has 94 valence electrons. The molecule has 2 amide bonds. The summed E-state index contributed by atoms with van der Waals surface area (Å²) in [5, 5.41) is 0. The van der Waals surface area contributed by atoms with E-state index < -0.39 is 16.1 Å². The number of benzene rings is 1. The Morgan fingerprint density at radius 3 is 2.35 bits per heavy atom. The van der Waals surface area contributed by atoms with E-state index in [1.165, 1.54) is 31.4 Å². The van der Waals surface area contributed by atoms with Crippen LogP contribution < -0.4 is 14.2 Å². The topological polar surface area (TPSA) is 84.5 Å². The zero-order chi connectivity index (χ0) is 12.9. The van der Waals surface area contributed by atoms with Crippen LogP contribution in [0.3, 0.4) is 0 Å². The number of rotatable bonds is 4. The number of nitrogens with one attached hydrogen (secondary N) is 2. The minimum absolute atomic E-state index is 0.00504. The van der Waals surface area contributed by atoms with Gasteiger partial charge in [-0.25, -0.2) is 17.9 Å². The zero-order valence-corrected chi connectivity index (χ0v) is 10.9. The van der Waals surface area contributed by atoms with Gasteiger partial charge in [-0.2, -0.15) is 0 Å². The highest BCUT2D eigenvalue weighted by Gasteiger charge is 2.16. The molecule has 0 heterocycles. The molecule has 0 aromatic heterocycles. The van der Waals surface area contributed by atoms with Gasteiger partial charge in [-0.05, 0) is 24.3 Å². The number of carbonyl (C=O) groups excluding carboxylic acids is 1. The van der Waals surface area contributed by atoms with Gasteiger partial charge in [0.2, 0.25) is 0 Å². The summed E-state index contributed by atoms with van der Waals surface area (Å²) in [6, 6.07) is 4.93. The highest BCUT2D eigenvalue weighted by molar-refractivity contribution is 7.97. The molecule has 0 saturated heterocycles. The van der Waals surface area contributed by atoms with Gasteiger partial charge in [-0.3, -0.25) is 4.72 Å². The van der Waals surface area contributed by atoms with Crippen LogP contribution in [-0.4, -0.2) is 27.8 Å². The molecule has 6 nitrogen and oxygen atoms in total. The lowest BCUT2D eigenvalue weighted by molar-refractivity contribution is 0.251. The van der Waals surface area contributed by atoms with Gasteiger partial charge in [0.1, 0.15) is 5.75 Å². The number of hydrogen-bond donors (Lipinski definition) is 2. The van der Waals surface area contributed by atoms with Gasteiger partial charge in [-0.1, -0.05) is 11.9 Å². The molecule has 1 aromatic carbocycles. The van der Waals surface area contributed by atoms with Gasteiger partial charge in [0, 0.05) is 6.26 Å². The normalized spacial score (nSPS) is 10.7. The van der Waals surface area contributed by atoms with Gasteiger partial charge >= 0.3 is 6.03 Å². The van der Waals surface area contributed by atoms with Crippen molar-refractivity contribution in [3.8, 4) is 5.75 Å². The van der Waals surface area contributed by atoms with Crippen LogP contribution in [0.25, 0.3) is 0 Å². The summed E-state index contributed by atoms with van der Waals surface area (Å²) >= 11 is 1.01. The molecule has 0 aliphatic rings. The molecule has 0 spiro atoms. The number of amides is 2. The maximum atomic E-state index is 11.7. The summed E-state index contributed by atoms with van der Waals surface area (Å²) in [4.78, 5) is 11.1. The Bertz CT molecular complexity index is 484. The van der Waals surface area contributed by atoms with E-state index in [9.17, 15) is 13.2 Å². The largest absolute Gasteiger partial charge is 0.497 e. The predicted octanol–water partition coefficient (Wildman–Crippen LogP) is 0.961. The van der Waals surface area contributed by atoms with Crippen LogP contribution in [0.15, 0.2) is 29.2 Å². The average Bonchev–Trinajstić information content (AvgIpc) is 2.28. The number of hydrogen-bond acceptors (Lipinski definition) is 5. The molecule has 0 aliphatic carbocycles. The molecular weight excluding hydrogens is 264 g/mol. The Morgan fingerprint density at radius 1 is 1.29 bits per heavy atom. The molecule has 8 heteroatoms. The first kappa shape index (κ1) is 13.7. The van der Waals surface area contributed by atoms with Gasteiger partial charge < -0.3 is 4.74 Å². The quantitative estimate of drug-likeness (QED) is 0.800. The van der Waals surface area contributed by atoms with Crippen LogP contribution in [0.2, 0.25) is 0 Å². The van der Waals surface area contributed by atoms with Gasteiger partial charge in [0.05, 0.1) is 12.0 Å². The van der Waals surface area contributed by atoms with Crippen LogP contribution in [0.4, 0.5) is 4.79 Å². The van der Waals surface area contributed by atoms with E-state index in [2.05, 4.69) is 4.72 Å². The van der Waals surface area contributed by atoms with Crippen molar-refractivity contribution < 1.29 is 17.9 Å². The minimum atomic E-state index is -3.84. The van der Waals surface area contributed by atoms with Gasteiger partial charge in [0.15, 0.2) is 0 Å². The van der Waals surface area contributed by atoms with Crippen LogP contribution in [0.5, 0.6) is 5.75 Å². The Kier molecular flexibility index (Phi) is 4.64. The lowest BCUT2D eigenvalue weighted by Crippen LogP contribution is -2.36. The smallest absolute Gasteiger partial charge is 0.338 e. The molecule has 0 aliphatic heterocycles. The van der Waals surface area contributed by atoms with Crippen molar-refractivity contribution in [1.29, 1.82) is 0 Å². The molecule has 0 radical (unpaired) electrons. The summed E-state index contributed by atoms with van der Waals surface area (Å²) < 4.78 is 32.4. The third kappa shape index (κ3) is 3.82. The summed E-state index contributed by atoms with van der Waals surface area (Å²) in [5.74, 6) is 0.539. The molecule has 0 saturated carbocycles. The SMILES string of the molecule is COc1ccc(S(=O)(=O)NC(=O)NSC)cc1. The van der Waals surface area contributed by atoms with Crippen LogP contribution in [0, 0.1) is 0 Å². The first-order valence-corrected chi connectivity index (χ1v) is 7.20. The molecular formula is C9H12N2O4S2. The Balaban J connectivity index is 2.85. The third-order valence-electron chi connectivity index (χ3n) is 1.79. The molecule has 0 bridgehead atoms. The van der Waals surface area contributed by atoms with Crippen molar-refractivity contribution in [1.82, 2.24) is 9.44 Å². The van der Waals surface area contributed by atoms with Crippen molar-refractivity contribution in [2.75, 3.05) is 13.4 Å². The fourth-order valence-electron chi connectivity index (χ4n) is 1.05. The zero-order valence-electron chi connectivity index (χ0n) is 9.26. The predicted molar refractivity (Wildman–Crippen MR) is 65.4 cm³/mol. The van der Waals surface area contributed by atoms with E-state index in [-0.39, 0.29) is 4.90 Å². The van der Waals surface area contributed by atoms with E-state index in [0.717, 1.165) is 11.9 Å². The van der Waals surface area contributed by atoms with Crippen molar-refractivity contribution in [3.05, 3.63) is 24.3 Å². The van der Waals surface area contributed by atoms with E-state index >= 15 is 0 Å². The molecule has 2 N–H and O–H groups in total. The second kappa shape index (κ2) is 5.78. The highest BCUT2D eigenvalue weighted by Crippen LogP contribution is 2.15. The maximum absolute atomic E-state index is 11.7. The van der Waals surface area contributed by atoms with Crippen LogP contribution >= 0.6 is 11.9 Å². The Morgan fingerprint density at radius 2 is 1.88 bits per heavy atom. The van der Waals surface area contributed by atoms with Crippen molar-refractivity contribution in [2.24, 2.45) is 0 Å². The maximum Gasteiger partial charge on any atom is 0.338 e. The van der Waals surface area contributed by atoms with Crippen LogP contribution in [-0.2, 0) is 10.0 Å². The van der Waals surface area contributed by atoms with Crippen molar-refractivity contribution in [3.63, 3.8) is 0 Å². The molecule has 1 aromatic rings. The fourth-order valence-corrected chi connectivity index (χ4v) is 2.26. The standard InChI is InChI=1S/C9H12N2O4S2/c1-15-7-3-5-8(6-4-7)17(13,14)11-9(12)10-16-2/h3-6H,1-2H3,(H2,10,11,12). The summed E-state index contributed by atoms with van der Waals surface area (Å²) in [6.45, 7) is 0. The van der Waals surface area contributed by atoms with E-state index in [1.807, 2.05) is 4.72 Å². The minimum Gasteiger partial charge on any atom is -0.497 e. The Hall–Kier alpha value is -1.41. The summed E-state index contributed by atoms with van der Waals surface area (Å²) in [6.07, 6.45) is 1.61. The molecule has 0 unspecified atom stereocenters. The van der Waals surface area contributed by atoms with E-state index in [0.29, 0.717) is 5.75 Å². The first-order valence-electron chi connectivity index (χ1n) is 4.49. The monoisotopic (exact) mass is 276 g/mol. The second-order valence-electron chi connectivity index (χ2n) is 2.92. The summed E-state index contributed by atoms with van der Waals surface area (Å²) in [7, 11) is -2.36. The first-order chi connectivity index (χ1) is 7.99. The van der Waals surface area contributed by atoms with Crippen molar-refractivity contribution in [2.45, 2.75) is 4.90 Å². The lowest BCUT2D eigenvalue weighted by Gasteiger charge is -2.07. The van der Waals surface area contributed by atoms with Gasteiger partial charge in [0.25, 0.3) is 10.0 Å². The molecule has 17 heavy (non-hydrogen) atoms. The van der Waals surface area contributed by atoms with Gasteiger partial charge in [-0.15, -0.1) is 0 Å². The molecule has 1 rings (SSSR count). The second-order valence-corrected chi connectivity index (χ2v) is 5.21. The number of sulfonamides is 1. The molecule has 0 atom stereocenters. The Labute approximate surface area is 104 Å². The lowest BCUT2D eigenvalue weighted by atomic mass is 10.3. The number of methoxy groups -OCH3 is 1. The van der Waals surface area contributed by atoms with E-state index in [4.69, 9.17) is 4.74 Å². The van der Waals surface area contributed by atoms with Crippen molar-refractivity contribution >= 4 is 28.0 Å². The number of ether oxygens (including phenoxy) is 1.